The van der Waals surface area contributed by atoms with Gasteiger partial charge < -0.3 is 10.1 Å². The van der Waals surface area contributed by atoms with Gasteiger partial charge in [0.1, 0.15) is 5.82 Å². The van der Waals surface area contributed by atoms with E-state index in [-0.39, 0.29) is 0 Å². The van der Waals surface area contributed by atoms with E-state index in [1.165, 1.54) is 36.9 Å². The van der Waals surface area contributed by atoms with Crippen molar-refractivity contribution in [2.24, 2.45) is 5.92 Å². The third-order valence-corrected chi connectivity index (χ3v) is 4.28. The Morgan fingerprint density at radius 3 is 2.94 bits per heavy atom. The van der Waals surface area contributed by atoms with Gasteiger partial charge >= 0.3 is 0 Å². The lowest BCUT2D eigenvalue weighted by Crippen LogP contribution is -2.31. The fraction of sp³-hybridized carbons (Fsp3) is 0.667. The highest BCUT2D eigenvalue weighted by Crippen LogP contribution is 2.24. The topological polar surface area (TPSA) is 34.2 Å². The first-order valence-corrected chi connectivity index (χ1v) is 7.16. The van der Waals surface area contributed by atoms with Gasteiger partial charge in [0.2, 0.25) is 0 Å². The fourth-order valence-corrected chi connectivity index (χ4v) is 3.07. The molecule has 1 aliphatic heterocycles. The van der Waals surface area contributed by atoms with Crippen molar-refractivity contribution < 1.29 is 4.74 Å². The number of anilines is 1. The molecule has 0 aromatic carbocycles. The van der Waals surface area contributed by atoms with Crippen molar-refractivity contribution in [2.75, 3.05) is 18.5 Å². The number of aryl methyl sites for hydroxylation is 2. The zero-order valence-corrected chi connectivity index (χ0v) is 11.1. The van der Waals surface area contributed by atoms with E-state index in [9.17, 15) is 0 Å². The van der Waals surface area contributed by atoms with Crippen LogP contribution in [-0.2, 0) is 17.6 Å². The highest BCUT2D eigenvalue weighted by Gasteiger charge is 2.21. The van der Waals surface area contributed by atoms with Crippen LogP contribution in [0.4, 0.5) is 5.82 Å². The number of rotatable bonds is 3. The predicted molar refractivity (Wildman–Crippen MR) is 72.9 cm³/mol. The first-order chi connectivity index (χ1) is 8.83. The minimum Gasteiger partial charge on any atom is -0.381 e. The lowest BCUT2D eigenvalue weighted by Gasteiger charge is -2.28. The number of aromatic nitrogens is 1. The van der Waals surface area contributed by atoms with E-state index in [2.05, 4.69) is 24.4 Å². The van der Waals surface area contributed by atoms with E-state index in [1.54, 1.807) is 0 Å². The van der Waals surface area contributed by atoms with E-state index in [0.29, 0.717) is 12.0 Å². The van der Waals surface area contributed by atoms with Gasteiger partial charge in [0.05, 0.1) is 0 Å². The van der Waals surface area contributed by atoms with Crippen molar-refractivity contribution in [1.82, 2.24) is 4.98 Å². The summed E-state index contributed by atoms with van der Waals surface area (Å²) in [7, 11) is 0. The number of nitrogens with zero attached hydrogens (tertiary/aromatic N) is 1. The van der Waals surface area contributed by atoms with Gasteiger partial charge in [-0.05, 0) is 56.6 Å². The number of nitrogens with one attached hydrogen (secondary N) is 1. The molecule has 0 radical (unpaired) electrons. The molecule has 98 valence electrons. The van der Waals surface area contributed by atoms with Crippen LogP contribution in [0.2, 0.25) is 0 Å². The van der Waals surface area contributed by atoms with Crippen LogP contribution in [0.3, 0.4) is 0 Å². The van der Waals surface area contributed by atoms with Crippen LogP contribution in [0.15, 0.2) is 12.1 Å². The summed E-state index contributed by atoms with van der Waals surface area (Å²) in [6.45, 7) is 4.09. The summed E-state index contributed by atoms with van der Waals surface area (Å²) in [5, 5.41) is 3.57. The van der Waals surface area contributed by atoms with Crippen molar-refractivity contribution >= 4 is 5.82 Å². The van der Waals surface area contributed by atoms with Gasteiger partial charge in [-0.2, -0.15) is 0 Å². The SMILES string of the molecule is CC(Nc1ccc2c(n1)CCC2)C1CCOCC1. The molecule has 3 heteroatoms. The molecule has 0 bridgehead atoms. The summed E-state index contributed by atoms with van der Waals surface area (Å²) >= 11 is 0. The molecule has 0 spiro atoms. The molecule has 1 N–H and O–H groups in total. The van der Waals surface area contributed by atoms with Crippen LogP contribution in [0.1, 0.15) is 37.4 Å². The highest BCUT2D eigenvalue weighted by atomic mass is 16.5. The van der Waals surface area contributed by atoms with Crippen LogP contribution >= 0.6 is 0 Å². The average Bonchev–Trinajstić information content (AvgIpc) is 2.87. The van der Waals surface area contributed by atoms with E-state index < -0.39 is 0 Å². The Kier molecular flexibility index (Phi) is 3.50. The van der Waals surface area contributed by atoms with Crippen LogP contribution < -0.4 is 5.32 Å². The minimum atomic E-state index is 0.487. The van der Waals surface area contributed by atoms with Crippen molar-refractivity contribution in [3.8, 4) is 0 Å². The quantitative estimate of drug-likeness (QED) is 0.890. The van der Waals surface area contributed by atoms with Crippen molar-refractivity contribution in [3.05, 3.63) is 23.4 Å². The maximum absolute atomic E-state index is 5.42. The molecular formula is C15H22N2O. The second-order valence-corrected chi connectivity index (χ2v) is 5.54. The summed E-state index contributed by atoms with van der Waals surface area (Å²) in [6.07, 6.45) is 5.95. The molecule has 0 saturated carbocycles. The van der Waals surface area contributed by atoms with Crippen molar-refractivity contribution in [2.45, 2.75) is 45.1 Å². The standard InChI is InChI=1S/C15H22N2O/c1-11(12-7-9-18-10-8-12)16-15-6-5-13-3-2-4-14(13)17-15/h5-6,11-12H,2-4,7-10H2,1H3,(H,16,17). The van der Waals surface area contributed by atoms with Crippen LogP contribution in [0.25, 0.3) is 0 Å². The molecule has 1 unspecified atom stereocenters. The molecule has 3 rings (SSSR count). The molecule has 1 aliphatic carbocycles. The van der Waals surface area contributed by atoms with Gasteiger partial charge in [0, 0.05) is 24.9 Å². The monoisotopic (exact) mass is 246 g/mol. The number of hydrogen-bond donors (Lipinski definition) is 1. The zero-order chi connectivity index (χ0) is 12.4. The third-order valence-electron chi connectivity index (χ3n) is 4.28. The van der Waals surface area contributed by atoms with E-state index in [0.717, 1.165) is 25.5 Å². The Morgan fingerprint density at radius 2 is 2.11 bits per heavy atom. The smallest absolute Gasteiger partial charge is 0.126 e. The minimum absolute atomic E-state index is 0.487. The summed E-state index contributed by atoms with van der Waals surface area (Å²) in [5.41, 5.74) is 2.75. The van der Waals surface area contributed by atoms with Gasteiger partial charge in [-0.3, -0.25) is 0 Å². The van der Waals surface area contributed by atoms with E-state index in [1.807, 2.05) is 0 Å². The largest absolute Gasteiger partial charge is 0.381 e. The van der Waals surface area contributed by atoms with Gasteiger partial charge in [0.25, 0.3) is 0 Å². The zero-order valence-electron chi connectivity index (χ0n) is 11.1. The number of fused-ring (bicyclic) bond motifs is 1. The predicted octanol–water partition coefficient (Wildman–Crippen LogP) is 2.80. The number of ether oxygens (including phenoxy) is 1. The molecule has 1 aromatic heterocycles. The Balaban J connectivity index is 1.64. The second-order valence-electron chi connectivity index (χ2n) is 5.54. The maximum atomic E-state index is 5.42. The Labute approximate surface area is 109 Å². The number of hydrogen-bond acceptors (Lipinski definition) is 3. The summed E-state index contributed by atoms with van der Waals surface area (Å²) in [6, 6.07) is 4.87. The Hall–Kier alpha value is -1.09. The molecule has 1 aromatic rings. The molecule has 2 aliphatic rings. The summed E-state index contributed by atoms with van der Waals surface area (Å²) in [5.74, 6) is 1.77. The normalized spacial score (nSPS) is 21.6. The molecule has 2 heterocycles. The average molecular weight is 246 g/mol. The van der Waals surface area contributed by atoms with Crippen LogP contribution in [-0.4, -0.2) is 24.2 Å². The molecule has 1 saturated heterocycles. The Bertz CT molecular complexity index is 413. The van der Waals surface area contributed by atoms with Crippen molar-refractivity contribution in [1.29, 1.82) is 0 Å². The second kappa shape index (κ2) is 5.27. The van der Waals surface area contributed by atoms with Gasteiger partial charge in [-0.1, -0.05) is 6.07 Å². The third kappa shape index (κ3) is 2.51. The first-order valence-electron chi connectivity index (χ1n) is 7.16. The first kappa shape index (κ1) is 12.0. The lowest BCUT2D eigenvalue weighted by atomic mass is 9.93. The molecule has 1 atom stereocenters. The Morgan fingerprint density at radius 1 is 1.28 bits per heavy atom. The maximum Gasteiger partial charge on any atom is 0.126 e. The summed E-state index contributed by atoms with van der Waals surface area (Å²) < 4.78 is 5.42. The lowest BCUT2D eigenvalue weighted by molar-refractivity contribution is 0.0622. The van der Waals surface area contributed by atoms with E-state index in [4.69, 9.17) is 9.72 Å². The van der Waals surface area contributed by atoms with Gasteiger partial charge in [-0.25, -0.2) is 4.98 Å². The number of pyridine rings is 1. The van der Waals surface area contributed by atoms with Crippen LogP contribution in [0.5, 0.6) is 0 Å². The van der Waals surface area contributed by atoms with E-state index >= 15 is 0 Å². The highest BCUT2D eigenvalue weighted by molar-refractivity contribution is 5.41. The molecule has 18 heavy (non-hydrogen) atoms. The van der Waals surface area contributed by atoms with Gasteiger partial charge in [-0.15, -0.1) is 0 Å². The molecule has 1 fully saturated rings. The molecule has 3 nitrogen and oxygen atoms in total. The van der Waals surface area contributed by atoms with Crippen molar-refractivity contribution in [3.63, 3.8) is 0 Å². The van der Waals surface area contributed by atoms with Crippen LogP contribution in [0, 0.1) is 5.92 Å². The molecular weight excluding hydrogens is 224 g/mol. The van der Waals surface area contributed by atoms with Gasteiger partial charge in [0.15, 0.2) is 0 Å². The fourth-order valence-electron chi connectivity index (χ4n) is 3.07. The summed E-state index contributed by atoms with van der Waals surface area (Å²) in [4.78, 5) is 4.75. The molecule has 0 amide bonds.